The molecule has 24 heavy (non-hydrogen) atoms. The monoisotopic (exact) mass is 329 g/mol. The van der Waals surface area contributed by atoms with E-state index in [0.717, 1.165) is 0 Å². The van der Waals surface area contributed by atoms with Crippen molar-refractivity contribution in [2.24, 2.45) is 13.0 Å². The maximum Gasteiger partial charge on any atom is 0.235 e. The fourth-order valence-electron chi connectivity index (χ4n) is 2.61. The van der Waals surface area contributed by atoms with Crippen molar-refractivity contribution in [3.8, 4) is 0 Å². The maximum absolute atomic E-state index is 12.2. The molecule has 1 amide bonds. The van der Waals surface area contributed by atoms with Crippen molar-refractivity contribution in [3.63, 3.8) is 0 Å². The lowest BCUT2D eigenvalue weighted by atomic mass is 9.99. The molecule has 0 aliphatic carbocycles. The second-order valence-electron chi connectivity index (χ2n) is 5.62. The molecule has 4 heterocycles. The zero-order valence-electron chi connectivity index (χ0n) is 13.2. The van der Waals surface area contributed by atoms with Crippen molar-refractivity contribution in [1.82, 2.24) is 40.5 Å². The number of fused-ring (bicyclic) bond motifs is 1. The molecule has 0 unspecified atom stereocenters. The van der Waals surface area contributed by atoms with Crippen molar-refractivity contribution >= 4 is 22.9 Å². The minimum atomic E-state index is -0.115. The van der Waals surface area contributed by atoms with Crippen LogP contribution in [0, 0.1) is 12.8 Å². The minimum absolute atomic E-state index is 0.0495. The highest BCUT2D eigenvalue weighted by Gasteiger charge is 2.35. The Bertz CT molecular complexity index is 896. The molecule has 124 valence electrons. The van der Waals surface area contributed by atoms with E-state index >= 15 is 0 Å². The molecular weight excluding hydrogens is 314 g/mol. The quantitative estimate of drug-likeness (QED) is 0.654. The standard InChI is InChI=1S/C13H15N9O2/c1-7-17-18-9(24-7)3-14-13(23)8-4-22(5-8)12-10-11(15-6-16-12)21(2)20-19-10/h6,8H,3-5H2,1-2H3,(H,14,23). The molecule has 4 rings (SSSR count). The Balaban J connectivity index is 1.38. The Morgan fingerprint density at radius 2 is 2.17 bits per heavy atom. The fraction of sp³-hybridized carbons (Fsp3) is 0.462. The van der Waals surface area contributed by atoms with Gasteiger partial charge in [-0.15, -0.1) is 15.3 Å². The molecule has 0 atom stereocenters. The first kappa shape index (κ1) is 14.5. The highest BCUT2D eigenvalue weighted by molar-refractivity contribution is 5.86. The van der Waals surface area contributed by atoms with Crippen molar-refractivity contribution in [2.75, 3.05) is 18.0 Å². The number of nitrogens with zero attached hydrogens (tertiary/aromatic N) is 8. The Morgan fingerprint density at radius 1 is 1.33 bits per heavy atom. The molecule has 11 nitrogen and oxygen atoms in total. The first-order chi connectivity index (χ1) is 11.6. The normalized spacial score (nSPS) is 14.8. The predicted octanol–water partition coefficient (Wildman–Crippen LogP) is -0.798. The van der Waals surface area contributed by atoms with Gasteiger partial charge in [-0.1, -0.05) is 5.21 Å². The number of aryl methyl sites for hydroxylation is 2. The third kappa shape index (κ3) is 2.43. The molecule has 1 aliphatic heterocycles. The lowest BCUT2D eigenvalue weighted by Gasteiger charge is -2.38. The van der Waals surface area contributed by atoms with Crippen LogP contribution in [0.15, 0.2) is 10.7 Å². The van der Waals surface area contributed by atoms with E-state index < -0.39 is 0 Å². The summed E-state index contributed by atoms with van der Waals surface area (Å²) in [4.78, 5) is 22.6. The van der Waals surface area contributed by atoms with Crippen LogP contribution in [-0.4, -0.2) is 54.2 Å². The highest BCUT2D eigenvalue weighted by Crippen LogP contribution is 2.27. The highest BCUT2D eigenvalue weighted by atomic mass is 16.4. The van der Waals surface area contributed by atoms with Gasteiger partial charge in [0.2, 0.25) is 17.7 Å². The van der Waals surface area contributed by atoms with Crippen LogP contribution in [0.4, 0.5) is 5.82 Å². The average molecular weight is 329 g/mol. The van der Waals surface area contributed by atoms with E-state index in [-0.39, 0.29) is 18.4 Å². The summed E-state index contributed by atoms with van der Waals surface area (Å²) in [5.41, 5.74) is 1.31. The van der Waals surface area contributed by atoms with Gasteiger partial charge in [0.15, 0.2) is 17.0 Å². The van der Waals surface area contributed by atoms with Crippen molar-refractivity contribution in [3.05, 3.63) is 18.1 Å². The van der Waals surface area contributed by atoms with E-state index in [1.54, 1.807) is 18.7 Å². The number of nitrogens with one attached hydrogen (secondary N) is 1. The van der Waals surface area contributed by atoms with Crippen LogP contribution < -0.4 is 10.2 Å². The summed E-state index contributed by atoms with van der Waals surface area (Å²) in [6.45, 7) is 3.07. The largest absolute Gasteiger partial charge is 0.424 e. The van der Waals surface area contributed by atoms with Crippen molar-refractivity contribution in [2.45, 2.75) is 13.5 Å². The maximum atomic E-state index is 12.2. The van der Waals surface area contributed by atoms with Gasteiger partial charge in [0.25, 0.3) is 0 Å². The zero-order valence-corrected chi connectivity index (χ0v) is 13.2. The summed E-state index contributed by atoms with van der Waals surface area (Å²) >= 11 is 0. The van der Waals surface area contributed by atoms with Crippen molar-refractivity contribution in [1.29, 1.82) is 0 Å². The molecule has 1 N–H and O–H groups in total. The molecule has 1 aliphatic rings. The van der Waals surface area contributed by atoms with Gasteiger partial charge in [-0.05, 0) is 0 Å². The van der Waals surface area contributed by atoms with E-state index in [2.05, 4.69) is 35.8 Å². The topological polar surface area (TPSA) is 128 Å². The summed E-state index contributed by atoms with van der Waals surface area (Å²) in [5, 5.41) is 18.4. The lowest BCUT2D eigenvalue weighted by molar-refractivity contribution is -0.126. The van der Waals surface area contributed by atoms with Gasteiger partial charge >= 0.3 is 0 Å². The van der Waals surface area contributed by atoms with Crippen LogP contribution in [-0.2, 0) is 18.4 Å². The number of hydrogen-bond donors (Lipinski definition) is 1. The Hall–Kier alpha value is -3.11. The van der Waals surface area contributed by atoms with E-state index in [9.17, 15) is 4.79 Å². The fourth-order valence-corrected chi connectivity index (χ4v) is 2.61. The van der Waals surface area contributed by atoms with Gasteiger partial charge in [-0.3, -0.25) is 4.79 Å². The third-order valence-corrected chi connectivity index (χ3v) is 3.90. The van der Waals surface area contributed by atoms with Gasteiger partial charge in [0.05, 0.1) is 12.5 Å². The number of rotatable bonds is 4. The Morgan fingerprint density at radius 3 is 2.92 bits per heavy atom. The summed E-state index contributed by atoms with van der Waals surface area (Å²) in [6, 6.07) is 0. The number of anilines is 1. The Labute approximate surface area is 136 Å². The smallest absolute Gasteiger partial charge is 0.235 e. The van der Waals surface area contributed by atoms with Crippen LogP contribution in [0.5, 0.6) is 0 Å². The van der Waals surface area contributed by atoms with E-state index in [0.29, 0.717) is 41.9 Å². The van der Waals surface area contributed by atoms with Crippen molar-refractivity contribution < 1.29 is 9.21 Å². The van der Waals surface area contributed by atoms with Gasteiger partial charge in [-0.2, -0.15) is 0 Å². The molecule has 0 spiro atoms. The second-order valence-corrected chi connectivity index (χ2v) is 5.62. The predicted molar refractivity (Wildman–Crippen MR) is 80.7 cm³/mol. The first-order valence-electron chi connectivity index (χ1n) is 7.44. The van der Waals surface area contributed by atoms with Gasteiger partial charge in [0, 0.05) is 27.1 Å². The molecule has 3 aromatic rings. The first-order valence-corrected chi connectivity index (χ1v) is 7.44. The number of carbonyl (C=O) groups is 1. The number of amides is 1. The average Bonchev–Trinajstić information content (AvgIpc) is 3.11. The van der Waals surface area contributed by atoms with Crippen LogP contribution in [0.25, 0.3) is 11.2 Å². The van der Waals surface area contributed by atoms with Crippen LogP contribution >= 0.6 is 0 Å². The molecular formula is C13H15N9O2. The molecule has 0 radical (unpaired) electrons. The molecule has 0 saturated carbocycles. The van der Waals surface area contributed by atoms with Gasteiger partial charge < -0.3 is 14.6 Å². The molecule has 0 aromatic carbocycles. The zero-order chi connectivity index (χ0) is 16.7. The summed E-state index contributed by atoms with van der Waals surface area (Å²) in [5.74, 6) is 1.41. The minimum Gasteiger partial charge on any atom is -0.424 e. The molecule has 1 fully saturated rings. The SMILES string of the molecule is Cc1nnc(CNC(=O)C2CN(c3ncnc4c3nnn4C)C2)o1. The van der Waals surface area contributed by atoms with E-state index in [4.69, 9.17) is 4.42 Å². The molecule has 0 bridgehead atoms. The number of hydrogen-bond acceptors (Lipinski definition) is 9. The van der Waals surface area contributed by atoms with E-state index in [1.807, 2.05) is 4.90 Å². The van der Waals surface area contributed by atoms with Crippen LogP contribution in [0.3, 0.4) is 0 Å². The molecule has 1 saturated heterocycles. The summed E-state index contributed by atoms with van der Waals surface area (Å²) < 4.78 is 6.82. The Kier molecular flexibility index (Phi) is 3.32. The third-order valence-electron chi connectivity index (χ3n) is 3.90. The molecule has 3 aromatic heterocycles. The number of aromatic nitrogens is 7. The summed E-state index contributed by atoms with van der Waals surface area (Å²) in [7, 11) is 1.78. The van der Waals surface area contributed by atoms with Gasteiger partial charge in [0.1, 0.15) is 6.33 Å². The summed E-state index contributed by atoms with van der Waals surface area (Å²) in [6.07, 6.45) is 1.48. The van der Waals surface area contributed by atoms with Crippen LogP contribution in [0.2, 0.25) is 0 Å². The molecule has 11 heteroatoms. The lowest BCUT2D eigenvalue weighted by Crippen LogP contribution is -2.54. The number of carbonyl (C=O) groups excluding carboxylic acids is 1. The van der Waals surface area contributed by atoms with Crippen LogP contribution in [0.1, 0.15) is 11.8 Å². The second kappa shape index (κ2) is 5.51. The van der Waals surface area contributed by atoms with E-state index in [1.165, 1.54) is 6.33 Å². The van der Waals surface area contributed by atoms with Gasteiger partial charge in [-0.25, -0.2) is 14.6 Å².